The Labute approximate surface area is 143 Å². The average Bonchev–Trinajstić information content (AvgIpc) is 2.96. The van der Waals surface area contributed by atoms with Crippen LogP contribution in [0.5, 0.6) is 5.75 Å². The number of hydrogen-bond donors (Lipinski definition) is 1. The summed E-state index contributed by atoms with van der Waals surface area (Å²) in [4.78, 5) is 29.4. The van der Waals surface area contributed by atoms with Crippen LogP contribution in [0.4, 0.5) is 0 Å². The molecule has 1 N–H and O–H groups in total. The third-order valence-electron chi connectivity index (χ3n) is 3.45. The highest BCUT2D eigenvalue weighted by Crippen LogP contribution is 2.32. The standard InChI is InChI=1S/C16H16N2O5S/c19-14(20)10-23-12-4-2-1-3-11(12)9-13-15(21)17-16(24-13)18-5-7-22-8-6-18/h1-4,9H,5-8,10H2,(H,19,20). The van der Waals surface area contributed by atoms with Crippen molar-refractivity contribution in [3.05, 3.63) is 34.7 Å². The van der Waals surface area contributed by atoms with Crippen LogP contribution in [0.15, 0.2) is 34.2 Å². The van der Waals surface area contributed by atoms with E-state index in [-0.39, 0.29) is 5.91 Å². The minimum atomic E-state index is -1.05. The second-order valence-corrected chi connectivity index (χ2v) is 6.14. The molecule has 0 radical (unpaired) electrons. The van der Waals surface area contributed by atoms with Gasteiger partial charge in [0.05, 0.1) is 18.1 Å². The Bertz CT molecular complexity index is 710. The number of para-hydroxylation sites is 1. The van der Waals surface area contributed by atoms with Crippen molar-refractivity contribution in [2.24, 2.45) is 4.99 Å². The molecule has 1 amide bonds. The summed E-state index contributed by atoms with van der Waals surface area (Å²) in [6, 6.07) is 6.99. The molecular weight excluding hydrogens is 332 g/mol. The second-order valence-electron chi connectivity index (χ2n) is 5.13. The van der Waals surface area contributed by atoms with Gasteiger partial charge < -0.3 is 19.5 Å². The molecule has 2 aliphatic rings. The first kappa shape index (κ1) is 16.5. The summed E-state index contributed by atoms with van der Waals surface area (Å²) >= 11 is 1.31. The van der Waals surface area contributed by atoms with Gasteiger partial charge in [0.2, 0.25) is 0 Å². The molecule has 24 heavy (non-hydrogen) atoms. The summed E-state index contributed by atoms with van der Waals surface area (Å²) in [6.07, 6.45) is 1.68. The van der Waals surface area contributed by atoms with Crippen LogP contribution in [0.1, 0.15) is 5.56 Å². The number of benzene rings is 1. The van der Waals surface area contributed by atoms with E-state index in [2.05, 4.69) is 4.99 Å². The molecule has 2 aliphatic heterocycles. The Morgan fingerprint density at radius 1 is 1.38 bits per heavy atom. The van der Waals surface area contributed by atoms with Crippen LogP contribution in [0, 0.1) is 0 Å². The summed E-state index contributed by atoms with van der Waals surface area (Å²) < 4.78 is 10.6. The van der Waals surface area contributed by atoms with E-state index < -0.39 is 12.6 Å². The van der Waals surface area contributed by atoms with Gasteiger partial charge in [0.25, 0.3) is 5.91 Å². The van der Waals surface area contributed by atoms with Gasteiger partial charge in [-0.1, -0.05) is 18.2 Å². The fraction of sp³-hybridized carbons (Fsp3) is 0.312. The summed E-state index contributed by atoms with van der Waals surface area (Å²) in [6.45, 7) is 2.24. The van der Waals surface area contributed by atoms with Crippen LogP contribution < -0.4 is 4.74 Å². The molecule has 1 fully saturated rings. The van der Waals surface area contributed by atoms with Gasteiger partial charge in [-0.05, 0) is 23.9 Å². The normalized spacial score (nSPS) is 19.5. The van der Waals surface area contributed by atoms with Crippen LogP contribution in [-0.4, -0.2) is 60.0 Å². The van der Waals surface area contributed by atoms with Crippen molar-refractivity contribution < 1.29 is 24.2 Å². The number of aliphatic carboxylic acids is 1. The lowest BCUT2D eigenvalue weighted by atomic mass is 10.2. The van der Waals surface area contributed by atoms with Crippen molar-refractivity contribution in [3.63, 3.8) is 0 Å². The Balaban J connectivity index is 1.75. The lowest BCUT2D eigenvalue weighted by Crippen LogP contribution is -2.38. The molecule has 0 aliphatic carbocycles. The third-order valence-corrected chi connectivity index (χ3v) is 4.49. The van der Waals surface area contributed by atoms with Crippen molar-refractivity contribution in [2.45, 2.75) is 0 Å². The molecular formula is C16H16N2O5S. The molecule has 1 aromatic carbocycles. The summed E-state index contributed by atoms with van der Waals surface area (Å²) in [5, 5.41) is 9.42. The van der Waals surface area contributed by atoms with E-state index in [1.54, 1.807) is 30.3 Å². The van der Waals surface area contributed by atoms with Crippen LogP contribution in [0.25, 0.3) is 6.08 Å². The van der Waals surface area contributed by atoms with Gasteiger partial charge in [-0.2, -0.15) is 4.99 Å². The first-order chi connectivity index (χ1) is 11.6. The number of amidine groups is 1. The fourth-order valence-corrected chi connectivity index (χ4v) is 3.26. The molecule has 126 valence electrons. The van der Waals surface area contributed by atoms with Gasteiger partial charge in [-0.25, -0.2) is 4.79 Å². The molecule has 8 heteroatoms. The quantitative estimate of drug-likeness (QED) is 0.824. The molecule has 1 aromatic rings. The fourth-order valence-electron chi connectivity index (χ4n) is 2.30. The van der Waals surface area contributed by atoms with E-state index >= 15 is 0 Å². The van der Waals surface area contributed by atoms with Crippen molar-refractivity contribution in [3.8, 4) is 5.75 Å². The van der Waals surface area contributed by atoms with Crippen molar-refractivity contribution in [1.82, 2.24) is 4.90 Å². The Morgan fingerprint density at radius 3 is 2.88 bits per heavy atom. The van der Waals surface area contributed by atoms with E-state index in [1.165, 1.54) is 11.8 Å². The number of thioether (sulfide) groups is 1. The maximum Gasteiger partial charge on any atom is 0.341 e. The molecule has 2 heterocycles. The van der Waals surface area contributed by atoms with Gasteiger partial charge in [0.1, 0.15) is 5.75 Å². The number of carboxylic acid groups (broad SMARTS) is 1. The number of morpholine rings is 1. The minimum absolute atomic E-state index is 0.297. The maximum absolute atomic E-state index is 12.1. The number of ether oxygens (including phenoxy) is 2. The van der Waals surface area contributed by atoms with E-state index in [4.69, 9.17) is 14.6 Å². The molecule has 0 unspecified atom stereocenters. The molecule has 0 saturated carbocycles. The Morgan fingerprint density at radius 2 is 2.12 bits per heavy atom. The monoisotopic (exact) mass is 348 g/mol. The third kappa shape index (κ3) is 3.95. The van der Waals surface area contributed by atoms with Crippen LogP contribution in [0.2, 0.25) is 0 Å². The van der Waals surface area contributed by atoms with Gasteiger partial charge >= 0.3 is 5.97 Å². The van der Waals surface area contributed by atoms with E-state index in [9.17, 15) is 9.59 Å². The van der Waals surface area contributed by atoms with Crippen LogP contribution >= 0.6 is 11.8 Å². The Kier molecular flexibility index (Phi) is 5.17. The highest BCUT2D eigenvalue weighted by molar-refractivity contribution is 8.18. The van der Waals surface area contributed by atoms with E-state index in [0.717, 1.165) is 0 Å². The topological polar surface area (TPSA) is 88.4 Å². The first-order valence-electron chi connectivity index (χ1n) is 7.42. The SMILES string of the molecule is O=C(O)COc1ccccc1C=C1SC(N2CCOCC2)=NC1=O. The molecule has 0 atom stereocenters. The lowest BCUT2D eigenvalue weighted by Gasteiger charge is -2.27. The maximum atomic E-state index is 12.1. The minimum Gasteiger partial charge on any atom is -0.481 e. The number of aliphatic imine (C=N–C) groups is 1. The predicted molar refractivity (Wildman–Crippen MR) is 90.0 cm³/mol. The highest BCUT2D eigenvalue weighted by atomic mass is 32.2. The predicted octanol–water partition coefficient (Wildman–Crippen LogP) is 1.45. The summed E-state index contributed by atoms with van der Waals surface area (Å²) in [7, 11) is 0. The van der Waals surface area contributed by atoms with Gasteiger partial charge in [-0.3, -0.25) is 4.79 Å². The number of nitrogens with zero attached hydrogens (tertiary/aromatic N) is 2. The van der Waals surface area contributed by atoms with Crippen molar-refractivity contribution in [1.29, 1.82) is 0 Å². The summed E-state index contributed by atoms with van der Waals surface area (Å²) in [5.41, 5.74) is 0.646. The lowest BCUT2D eigenvalue weighted by molar-refractivity contribution is -0.139. The number of amides is 1. The molecule has 0 spiro atoms. The number of carboxylic acids is 1. The number of carbonyl (C=O) groups is 2. The smallest absolute Gasteiger partial charge is 0.341 e. The second kappa shape index (κ2) is 7.50. The zero-order chi connectivity index (χ0) is 16.9. The largest absolute Gasteiger partial charge is 0.481 e. The van der Waals surface area contributed by atoms with Gasteiger partial charge in [0, 0.05) is 18.7 Å². The first-order valence-corrected chi connectivity index (χ1v) is 8.24. The molecule has 0 bridgehead atoms. The van der Waals surface area contributed by atoms with E-state index in [1.807, 2.05) is 4.90 Å². The zero-order valence-electron chi connectivity index (χ0n) is 12.8. The molecule has 1 saturated heterocycles. The van der Waals surface area contributed by atoms with Crippen molar-refractivity contribution >= 4 is 34.9 Å². The number of carbonyl (C=O) groups excluding carboxylic acids is 1. The Hall–Kier alpha value is -2.32. The van der Waals surface area contributed by atoms with E-state index in [0.29, 0.717) is 47.7 Å². The van der Waals surface area contributed by atoms with Crippen LogP contribution in [0.3, 0.4) is 0 Å². The number of hydrogen-bond acceptors (Lipinski definition) is 6. The molecule has 0 aromatic heterocycles. The highest BCUT2D eigenvalue weighted by Gasteiger charge is 2.27. The zero-order valence-corrected chi connectivity index (χ0v) is 13.6. The van der Waals surface area contributed by atoms with Gasteiger partial charge in [0.15, 0.2) is 11.8 Å². The summed E-state index contributed by atoms with van der Waals surface area (Å²) in [5.74, 6) is -0.933. The van der Waals surface area contributed by atoms with Crippen LogP contribution in [-0.2, 0) is 14.3 Å². The average molecular weight is 348 g/mol. The number of rotatable bonds is 4. The molecule has 7 nitrogen and oxygen atoms in total. The molecule has 3 rings (SSSR count). The van der Waals surface area contributed by atoms with Crippen molar-refractivity contribution in [2.75, 3.05) is 32.9 Å². The van der Waals surface area contributed by atoms with Gasteiger partial charge in [-0.15, -0.1) is 0 Å².